The van der Waals surface area contributed by atoms with E-state index >= 15 is 0 Å². The van der Waals surface area contributed by atoms with Crippen LogP contribution in [0.5, 0.6) is 0 Å². The van der Waals surface area contributed by atoms with Gasteiger partial charge in [-0.15, -0.1) is 11.3 Å². The molecule has 1 unspecified atom stereocenters. The van der Waals surface area contributed by atoms with Crippen LogP contribution in [0.1, 0.15) is 11.9 Å². The van der Waals surface area contributed by atoms with Crippen molar-refractivity contribution < 1.29 is 13.9 Å². The Morgan fingerprint density at radius 2 is 2.21 bits per heavy atom. The lowest BCUT2D eigenvalue weighted by atomic mass is 10.0. The number of carbonyl (C=O) groups is 1. The molecule has 0 aliphatic carbocycles. The number of anilines is 1. The molecular weight excluding hydrogens is 267 g/mol. The highest BCUT2D eigenvalue weighted by molar-refractivity contribution is 7.09. The number of hydrogen-bond donors (Lipinski definition) is 1. The predicted molar refractivity (Wildman–Crippen MR) is 71.5 cm³/mol. The molecular formula is C13H13FN2O2S. The number of halogens is 1. The molecule has 1 N–H and O–H groups in total. The number of nitrogens with zero attached hydrogens (tertiary/aromatic N) is 1. The van der Waals surface area contributed by atoms with Gasteiger partial charge in [-0.3, -0.25) is 0 Å². The van der Waals surface area contributed by atoms with E-state index in [0.29, 0.717) is 5.01 Å². The smallest absolute Gasteiger partial charge is 0.338 e. The molecule has 1 atom stereocenters. The number of hydrogen-bond acceptors (Lipinski definition) is 5. The Morgan fingerprint density at radius 3 is 2.79 bits per heavy atom. The summed E-state index contributed by atoms with van der Waals surface area (Å²) in [6.07, 6.45) is 1.59. The topological polar surface area (TPSA) is 51.2 Å². The molecule has 0 radical (unpaired) electrons. The molecule has 0 saturated heterocycles. The Labute approximate surface area is 114 Å². The number of nitrogens with one attached hydrogen (secondary N) is 1. The zero-order valence-electron chi connectivity index (χ0n) is 10.5. The Hall–Kier alpha value is -1.95. The van der Waals surface area contributed by atoms with Crippen molar-refractivity contribution in [3.05, 3.63) is 46.7 Å². The Morgan fingerprint density at radius 1 is 1.47 bits per heavy atom. The molecule has 1 aromatic carbocycles. The van der Waals surface area contributed by atoms with Crippen LogP contribution in [0.4, 0.5) is 10.1 Å². The highest BCUT2D eigenvalue weighted by atomic mass is 32.1. The van der Waals surface area contributed by atoms with Crippen LogP contribution < -0.4 is 5.32 Å². The minimum Gasteiger partial charge on any atom is -0.467 e. The molecule has 1 aromatic heterocycles. The highest BCUT2D eigenvalue weighted by Gasteiger charge is 2.39. The maximum atomic E-state index is 13.7. The van der Waals surface area contributed by atoms with Crippen LogP contribution >= 0.6 is 11.3 Å². The summed E-state index contributed by atoms with van der Waals surface area (Å²) in [5.74, 6) is -0.958. The Kier molecular flexibility index (Phi) is 3.80. The third-order valence-corrected chi connectivity index (χ3v) is 3.71. The van der Waals surface area contributed by atoms with Gasteiger partial charge in [0.2, 0.25) is 0 Å². The fraction of sp³-hybridized carbons (Fsp3) is 0.231. The largest absolute Gasteiger partial charge is 0.467 e. The maximum absolute atomic E-state index is 13.7. The van der Waals surface area contributed by atoms with Gasteiger partial charge in [0.15, 0.2) is 5.54 Å². The molecule has 0 aliphatic heterocycles. The molecule has 0 aliphatic rings. The van der Waals surface area contributed by atoms with E-state index in [4.69, 9.17) is 4.74 Å². The van der Waals surface area contributed by atoms with Crippen LogP contribution in [0.2, 0.25) is 0 Å². The first-order valence-corrected chi connectivity index (χ1v) is 6.47. The summed E-state index contributed by atoms with van der Waals surface area (Å²) >= 11 is 1.30. The second-order valence-electron chi connectivity index (χ2n) is 4.06. The Bertz CT molecular complexity index is 574. The van der Waals surface area contributed by atoms with Crippen LogP contribution in [0.25, 0.3) is 0 Å². The van der Waals surface area contributed by atoms with Crippen molar-refractivity contribution in [2.45, 2.75) is 12.5 Å². The van der Waals surface area contributed by atoms with Crippen molar-refractivity contribution in [2.75, 3.05) is 12.4 Å². The number of esters is 1. The van der Waals surface area contributed by atoms with Gasteiger partial charge in [-0.05, 0) is 19.1 Å². The average molecular weight is 280 g/mol. The van der Waals surface area contributed by atoms with Crippen molar-refractivity contribution in [1.29, 1.82) is 0 Å². The lowest BCUT2D eigenvalue weighted by Gasteiger charge is -2.27. The van der Waals surface area contributed by atoms with Crippen molar-refractivity contribution >= 4 is 23.0 Å². The third kappa shape index (κ3) is 2.58. The summed E-state index contributed by atoms with van der Waals surface area (Å²) in [4.78, 5) is 16.1. The van der Waals surface area contributed by atoms with E-state index in [-0.39, 0.29) is 5.69 Å². The molecule has 19 heavy (non-hydrogen) atoms. The van der Waals surface area contributed by atoms with Gasteiger partial charge in [0.25, 0.3) is 0 Å². The molecule has 100 valence electrons. The van der Waals surface area contributed by atoms with Gasteiger partial charge < -0.3 is 10.1 Å². The molecule has 6 heteroatoms. The fourth-order valence-electron chi connectivity index (χ4n) is 1.70. The van der Waals surface area contributed by atoms with Crippen molar-refractivity contribution in [3.8, 4) is 0 Å². The van der Waals surface area contributed by atoms with Gasteiger partial charge in [-0.2, -0.15) is 0 Å². The fourth-order valence-corrected chi connectivity index (χ4v) is 2.44. The number of methoxy groups -OCH3 is 1. The number of aromatic nitrogens is 1. The van der Waals surface area contributed by atoms with Gasteiger partial charge in [0.05, 0.1) is 12.8 Å². The predicted octanol–water partition coefficient (Wildman–Crippen LogP) is 2.78. The zero-order chi connectivity index (χ0) is 13.9. The van der Waals surface area contributed by atoms with E-state index in [1.807, 2.05) is 0 Å². The van der Waals surface area contributed by atoms with Crippen LogP contribution in [0.15, 0.2) is 35.8 Å². The van der Waals surface area contributed by atoms with Crippen LogP contribution in [-0.4, -0.2) is 18.1 Å². The average Bonchev–Trinajstić information content (AvgIpc) is 2.95. The molecule has 2 rings (SSSR count). The SMILES string of the molecule is COC(=O)C(C)(Nc1ccccc1F)c1nccs1. The maximum Gasteiger partial charge on any atom is 0.338 e. The molecule has 0 bridgehead atoms. The summed E-state index contributed by atoms with van der Waals surface area (Å²) in [6, 6.07) is 6.15. The number of thiazole rings is 1. The summed E-state index contributed by atoms with van der Waals surface area (Å²) < 4.78 is 18.5. The Balaban J connectivity index is 2.40. The standard InChI is InChI=1S/C13H13FN2O2S/c1-13(12(17)18-2,11-15-7-8-19-11)16-10-6-4-3-5-9(10)14/h3-8,16H,1-2H3. The van der Waals surface area contributed by atoms with Crippen molar-refractivity contribution in [2.24, 2.45) is 0 Å². The summed E-state index contributed by atoms with van der Waals surface area (Å²) in [7, 11) is 1.29. The number of benzene rings is 1. The quantitative estimate of drug-likeness (QED) is 0.875. The molecule has 1 heterocycles. The third-order valence-electron chi connectivity index (χ3n) is 2.71. The minimum absolute atomic E-state index is 0.227. The molecule has 0 fully saturated rings. The zero-order valence-corrected chi connectivity index (χ0v) is 11.3. The number of carbonyl (C=O) groups excluding carboxylic acids is 1. The van der Waals surface area contributed by atoms with Gasteiger partial charge >= 0.3 is 5.97 Å². The first kappa shape index (κ1) is 13.5. The molecule has 0 amide bonds. The summed E-state index contributed by atoms with van der Waals surface area (Å²) in [6.45, 7) is 1.62. The van der Waals surface area contributed by atoms with E-state index in [2.05, 4.69) is 10.3 Å². The molecule has 0 saturated carbocycles. The summed E-state index contributed by atoms with van der Waals surface area (Å²) in [5, 5.41) is 5.14. The van der Waals surface area contributed by atoms with Crippen molar-refractivity contribution in [3.63, 3.8) is 0 Å². The van der Waals surface area contributed by atoms with E-state index in [1.165, 1.54) is 24.5 Å². The number of para-hydroxylation sites is 1. The van der Waals surface area contributed by atoms with Crippen LogP contribution in [-0.2, 0) is 15.1 Å². The molecule has 0 spiro atoms. The second-order valence-corrected chi connectivity index (χ2v) is 4.95. The highest BCUT2D eigenvalue weighted by Crippen LogP contribution is 2.30. The van der Waals surface area contributed by atoms with Gasteiger partial charge in [0, 0.05) is 11.6 Å². The first-order valence-electron chi connectivity index (χ1n) is 5.59. The molecule has 2 aromatic rings. The summed E-state index contributed by atoms with van der Waals surface area (Å²) in [5.41, 5.74) is -0.990. The van der Waals surface area contributed by atoms with Crippen LogP contribution in [0.3, 0.4) is 0 Å². The van der Waals surface area contributed by atoms with E-state index < -0.39 is 17.3 Å². The van der Waals surface area contributed by atoms with E-state index in [0.717, 1.165) is 0 Å². The monoisotopic (exact) mass is 280 g/mol. The van der Waals surface area contributed by atoms with Gasteiger partial charge in [-0.1, -0.05) is 12.1 Å². The van der Waals surface area contributed by atoms with Crippen molar-refractivity contribution in [1.82, 2.24) is 4.98 Å². The minimum atomic E-state index is -1.22. The number of rotatable bonds is 4. The first-order chi connectivity index (χ1) is 9.08. The lowest BCUT2D eigenvalue weighted by molar-refractivity contribution is -0.145. The van der Waals surface area contributed by atoms with Gasteiger partial charge in [0.1, 0.15) is 10.8 Å². The normalized spacial score (nSPS) is 13.6. The van der Waals surface area contributed by atoms with E-state index in [1.54, 1.807) is 36.7 Å². The van der Waals surface area contributed by atoms with Gasteiger partial charge in [-0.25, -0.2) is 14.2 Å². The lowest BCUT2D eigenvalue weighted by Crippen LogP contribution is -2.41. The molecule has 4 nitrogen and oxygen atoms in total. The van der Waals surface area contributed by atoms with E-state index in [9.17, 15) is 9.18 Å². The number of ether oxygens (including phenoxy) is 1. The second kappa shape index (κ2) is 5.36. The van der Waals surface area contributed by atoms with Crippen LogP contribution in [0, 0.1) is 5.82 Å².